The fourth-order valence-corrected chi connectivity index (χ4v) is 12.1. The molecule has 1 fully saturated rings. The molecule has 12 nitrogen and oxygen atoms in total. The van der Waals surface area contributed by atoms with Crippen LogP contribution < -0.4 is 5.32 Å². The quantitative estimate of drug-likeness (QED) is 0.0193. The summed E-state index contributed by atoms with van der Waals surface area (Å²) in [5.74, 6) is -0.255. The van der Waals surface area contributed by atoms with Crippen molar-refractivity contribution in [1.29, 1.82) is 0 Å². The minimum Gasteiger partial charge on any atom is -0.394 e. The maximum atomic E-state index is 13.2. The van der Waals surface area contributed by atoms with Gasteiger partial charge in [0.2, 0.25) is 5.91 Å². The highest BCUT2D eigenvalue weighted by atomic mass is 32.3. The average molecular weight is 1180 g/mol. The smallest absolute Gasteiger partial charge is 0.394 e. The fourth-order valence-electron chi connectivity index (χ4n) is 11.6. The Hall–Kier alpha value is -1.42. The number of hydrogen-bond donors (Lipinski definition) is 6. The predicted molar refractivity (Wildman–Crippen MR) is 342 cm³/mol. The number of carbonyl (C=O) groups excluding carboxylic acids is 1. The second kappa shape index (κ2) is 58.6. The van der Waals surface area contributed by atoms with Crippen molar-refractivity contribution >= 4 is 16.3 Å². The highest BCUT2D eigenvalue weighted by Crippen LogP contribution is 2.26. The van der Waals surface area contributed by atoms with Crippen LogP contribution in [0, 0.1) is 0 Å². The van der Waals surface area contributed by atoms with Crippen molar-refractivity contribution in [3.8, 4) is 0 Å². The zero-order valence-electron chi connectivity index (χ0n) is 53.3. The standard InChI is InChI=1S/C69H133NO11S/c1-3-5-7-9-11-13-15-17-19-21-23-25-27-28-29-30-31-32-33-34-35-36-37-39-41-43-45-47-49-51-53-55-57-59-65(73)70-62(61-79-69-67(75)68(81-82(76,77)78)66(74)64(60-71)80-69)63(72)58-56-54-52-50-48-46-44-42-40-38-26-24-22-20-18-16-14-12-10-8-6-4-2/h28-29,56,58,62-64,66-69,71-72,74-75H,3-27,30-55,57,59-61H2,1-2H3,(H,70,73)(H,76,77,78)/b29-28-,58-56+. The maximum Gasteiger partial charge on any atom is 0.397 e. The molecule has 0 bridgehead atoms. The van der Waals surface area contributed by atoms with E-state index < -0.39 is 59.9 Å². The van der Waals surface area contributed by atoms with Crippen LogP contribution in [0.25, 0.3) is 0 Å². The Morgan fingerprint density at radius 2 is 0.780 bits per heavy atom. The SMILES string of the molecule is CCCCCCCCCCCCCC/C=C\CCCCCCCCCCCCCCCCCCCC(=O)NC(COC1OC(CO)C(O)C(OS(=O)(=O)O)C1O)C(O)/C=C/CCCCCCCCCCCCCCCCCCCCCC. The van der Waals surface area contributed by atoms with Gasteiger partial charge in [0.25, 0.3) is 0 Å². The van der Waals surface area contributed by atoms with Crippen LogP contribution in [0.1, 0.15) is 354 Å². The molecule has 7 unspecified atom stereocenters. The van der Waals surface area contributed by atoms with E-state index in [0.717, 1.165) is 38.5 Å². The third-order valence-corrected chi connectivity index (χ3v) is 17.4. The topological polar surface area (TPSA) is 192 Å². The van der Waals surface area contributed by atoms with Crippen LogP contribution in [0.4, 0.5) is 0 Å². The molecule has 1 saturated heterocycles. The molecule has 486 valence electrons. The highest BCUT2D eigenvalue weighted by molar-refractivity contribution is 7.80. The monoisotopic (exact) mass is 1180 g/mol. The Bertz CT molecular complexity index is 1530. The zero-order chi connectivity index (χ0) is 59.7. The Morgan fingerprint density at radius 3 is 1.10 bits per heavy atom. The molecule has 0 radical (unpaired) electrons. The van der Waals surface area contributed by atoms with Gasteiger partial charge < -0.3 is 35.2 Å². The molecule has 0 aromatic rings. The first kappa shape index (κ1) is 78.6. The zero-order valence-corrected chi connectivity index (χ0v) is 54.2. The van der Waals surface area contributed by atoms with E-state index in [9.17, 15) is 38.2 Å². The second-order valence-corrected chi connectivity index (χ2v) is 25.9. The first-order valence-corrected chi connectivity index (χ1v) is 36.6. The van der Waals surface area contributed by atoms with Crippen molar-refractivity contribution in [2.75, 3.05) is 13.2 Å². The van der Waals surface area contributed by atoms with E-state index in [2.05, 4.69) is 35.5 Å². The first-order chi connectivity index (χ1) is 40.0. The van der Waals surface area contributed by atoms with Crippen molar-refractivity contribution < 1.29 is 51.8 Å². The van der Waals surface area contributed by atoms with Gasteiger partial charge in [0.05, 0.1) is 25.4 Å². The van der Waals surface area contributed by atoms with E-state index in [0.29, 0.717) is 6.42 Å². The van der Waals surface area contributed by atoms with Crippen LogP contribution in [0.15, 0.2) is 24.3 Å². The van der Waals surface area contributed by atoms with E-state index in [4.69, 9.17) is 9.47 Å². The molecular weight excluding hydrogens is 1050 g/mol. The minimum atomic E-state index is -5.09. The molecule has 1 aliphatic rings. The summed E-state index contributed by atoms with van der Waals surface area (Å²) < 4.78 is 48.0. The van der Waals surface area contributed by atoms with Gasteiger partial charge in [0.1, 0.15) is 24.4 Å². The molecule has 0 saturated carbocycles. The van der Waals surface area contributed by atoms with E-state index in [-0.39, 0.29) is 18.9 Å². The van der Waals surface area contributed by atoms with Crippen molar-refractivity contribution in [2.24, 2.45) is 0 Å². The van der Waals surface area contributed by atoms with Gasteiger partial charge in [0, 0.05) is 6.42 Å². The number of aliphatic hydroxyl groups excluding tert-OH is 4. The van der Waals surface area contributed by atoms with Crippen LogP contribution >= 0.6 is 0 Å². The molecular formula is C69H133NO11S. The summed E-state index contributed by atoms with van der Waals surface area (Å²) in [6, 6.07) is -0.943. The third-order valence-electron chi connectivity index (χ3n) is 17.0. The molecule has 6 N–H and O–H groups in total. The Kier molecular flexibility index (Phi) is 56.2. The van der Waals surface area contributed by atoms with E-state index in [1.807, 2.05) is 6.08 Å². The lowest BCUT2D eigenvalue weighted by atomic mass is 9.99. The number of rotatable bonds is 63. The second-order valence-electron chi connectivity index (χ2n) is 24.8. The normalized spacial score (nSPS) is 18.5. The summed E-state index contributed by atoms with van der Waals surface area (Å²) in [5, 5.41) is 45.2. The number of unbranched alkanes of at least 4 members (excludes halogenated alkanes) is 49. The largest absolute Gasteiger partial charge is 0.397 e. The average Bonchev–Trinajstić information content (AvgIpc) is 3.60. The van der Waals surface area contributed by atoms with Crippen LogP contribution in [-0.4, -0.2) is 95.4 Å². The van der Waals surface area contributed by atoms with Gasteiger partial charge in [-0.05, 0) is 44.9 Å². The molecule has 1 heterocycles. The lowest BCUT2D eigenvalue weighted by Crippen LogP contribution is -2.61. The maximum absolute atomic E-state index is 13.2. The Labute approximate surface area is 505 Å². The van der Waals surface area contributed by atoms with Crippen LogP contribution in [0.5, 0.6) is 0 Å². The third kappa shape index (κ3) is 49.7. The molecule has 0 spiro atoms. The van der Waals surface area contributed by atoms with Crippen LogP contribution in [-0.2, 0) is 28.9 Å². The van der Waals surface area contributed by atoms with Crippen LogP contribution in [0.3, 0.4) is 0 Å². The molecule has 1 amide bonds. The molecule has 0 aromatic heterocycles. The Morgan fingerprint density at radius 1 is 0.476 bits per heavy atom. The lowest BCUT2D eigenvalue weighted by Gasteiger charge is -2.41. The molecule has 1 aliphatic heterocycles. The molecule has 0 aliphatic carbocycles. The number of carbonyl (C=O) groups is 1. The Balaban J connectivity index is 2.23. The minimum absolute atomic E-state index is 0.255. The van der Waals surface area contributed by atoms with E-state index in [1.165, 1.54) is 289 Å². The van der Waals surface area contributed by atoms with Gasteiger partial charge >= 0.3 is 10.4 Å². The van der Waals surface area contributed by atoms with Gasteiger partial charge in [-0.3, -0.25) is 9.35 Å². The van der Waals surface area contributed by atoms with Gasteiger partial charge in [-0.15, -0.1) is 0 Å². The molecule has 82 heavy (non-hydrogen) atoms. The van der Waals surface area contributed by atoms with E-state index in [1.54, 1.807) is 6.08 Å². The summed E-state index contributed by atoms with van der Waals surface area (Å²) in [6.07, 6.45) is 66.8. The summed E-state index contributed by atoms with van der Waals surface area (Å²) in [7, 11) is -5.09. The van der Waals surface area contributed by atoms with Crippen molar-refractivity contribution in [2.45, 2.75) is 397 Å². The van der Waals surface area contributed by atoms with Gasteiger partial charge in [-0.1, -0.05) is 327 Å². The molecule has 7 atom stereocenters. The van der Waals surface area contributed by atoms with Crippen molar-refractivity contribution in [1.82, 2.24) is 5.32 Å². The number of allylic oxidation sites excluding steroid dienone is 3. The fraction of sp³-hybridized carbons (Fsp3) is 0.928. The number of amides is 1. The summed E-state index contributed by atoms with van der Waals surface area (Å²) >= 11 is 0. The van der Waals surface area contributed by atoms with Gasteiger partial charge in [0.15, 0.2) is 6.29 Å². The summed E-state index contributed by atoms with van der Waals surface area (Å²) in [6.45, 7) is 3.46. The number of hydrogen-bond acceptors (Lipinski definition) is 10. The summed E-state index contributed by atoms with van der Waals surface area (Å²) in [5.41, 5.74) is 0. The van der Waals surface area contributed by atoms with Gasteiger partial charge in [-0.2, -0.15) is 8.42 Å². The van der Waals surface area contributed by atoms with E-state index >= 15 is 0 Å². The van der Waals surface area contributed by atoms with Crippen molar-refractivity contribution in [3.63, 3.8) is 0 Å². The highest BCUT2D eigenvalue weighted by Gasteiger charge is 2.48. The first-order valence-electron chi connectivity index (χ1n) is 35.2. The number of ether oxygens (including phenoxy) is 2. The number of aliphatic hydroxyl groups is 4. The predicted octanol–water partition coefficient (Wildman–Crippen LogP) is 18.3. The molecule has 13 heteroatoms. The number of nitrogens with one attached hydrogen (secondary N) is 1. The van der Waals surface area contributed by atoms with Crippen LogP contribution in [0.2, 0.25) is 0 Å². The molecule has 0 aromatic carbocycles. The summed E-state index contributed by atoms with van der Waals surface area (Å²) in [4.78, 5) is 13.2. The van der Waals surface area contributed by atoms with Gasteiger partial charge in [-0.25, -0.2) is 4.18 Å². The lowest BCUT2D eigenvalue weighted by molar-refractivity contribution is -0.298. The van der Waals surface area contributed by atoms with Crippen molar-refractivity contribution in [3.05, 3.63) is 24.3 Å². The molecule has 1 rings (SSSR count).